The summed E-state index contributed by atoms with van der Waals surface area (Å²) in [5, 5.41) is 2.20. The van der Waals surface area contributed by atoms with Crippen molar-refractivity contribution >= 4 is 44.0 Å². The molecule has 5 nitrogen and oxygen atoms in total. The van der Waals surface area contributed by atoms with Gasteiger partial charge in [0.05, 0.1) is 29.0 Å². The molecular weight excluding hydrogens is 589 g/mol. The van der Waals surface area contributed by atoms with E-state index < -0.39 is 0 Å². The third-order valence-electron chi connectivity index (χ3n) is 10.2. The Kier molecular flexibility index (Phi) is 7.06. The highest BCUT2D eigenvalue weighted by Gasteiger charge is 2.33. The van der Waals surface area contributed by atoms with E-state index in [1.54, 1.807) is 0 Å². The predicted octanol–water partition coefficient (Wildman–Crippen LogP) is 11.0. The zero-order valence-electron chi connectivity index (χ0n) is 29.2. The van der Waals surface area contributed by atoms with Gasteiger partial charge in [0.15, 0.2) is 11.0 Å². The minimum absolute atomic E-state index is 0.353. The quantitative estimate of drug-likeness (QED) is 0.171. The lowest BCUT2D eigenvalue weighted by Crippen LogP contribution is -2.30. The number of hydrogen-bond acceptors (Lipinski definition) is 2. The van der Waals surface area contributed by atoms with Crippen molar-refractivity contribution in [3.8, 4) is 22.8 Å². The van der Waals surface area contributed by atoms with Crippen molar-refractivity contribution in [3.63, 3.8) is 0 Å². The third-order valence-corrected chi connectivity index (χ3v) is 10.2. The topological polar surface area (TPSA) is 39.8 Å². The van der Waals surface area contributed by atoms with Gasteiger partial charge in [0.2, 0.25) is 0 Å². The number of imidazole rings is 2. The Hall–Kier alpha value is -5.16. The molecule has 0 aliphatic carbocycles. The van der Waals surface area contributed by atoms with E-state index in [0.717, 1.165) is 55.6 Å². The van der Waals surface area contributed by atoms with Crippen LogP contribution in [0.4, 0.5) is 0 Å². The van der Waals surface area contributed by atoms with Crippen LogP contribution in [0.25, 0.3) is 66.8 Å². The highest BCUT2D eigenvalue weighted by atomic mass is 16.3. The summed E-state index contributed by atoms with van der Waals surface area (Å²) in [6.45, 7) is 16.1. The molecular formula is C43H43N4O+. The van der Waals surface area contributed by atoms with Gasteiger partial charge in [-0.2, -0.15) is 4.57 Å². The maximum absolute atomic E-state index is 6.78. The van der Waals surface area contributed by atoms with Gasteiger partial charge in [-0.15, -0.1) is 0 Å². The van der Waals surface area contributed by atoms with Crippen LogP contribution in [0.15, 0.2) is 102 Å². The fourth-order valence-corrected chi connectivity index (χ4v) is 7.61. The van der Waals surface area contributed by atoms with Crippen molar-refractivity contribution in [1.82, 2.24) is 14.1 Å². The van der Waals surface area contributed by atoms with E-state index in [4.69, 9.17) is 9.40 Å². The summed E-state index contributed by atoms with van der Waals surface area (Å²) in [4.78, 5) is 4.78. The molecule has 0 saturated carbocycles. The molecule has 3 heterocycles. The summed E-state index contributed by atoms with van der Waals surface area (Å²) < 4.78 is 13.8. The standard InChI is InChI=1S/C43H43N4O/c1-25(2)29-22-33(26(3)4)40(34(23-29)27(5)6)47-37-17-13-12-16-36(37)45(8)43(47)31-18-19-32-39-38(48-42(32)28(31)7)21-20-35-41(39)46(24-44-35)30-14-10-9-11-15-30/h9-27H,1-8H3/q+1. The van der Waals surface area contributed by atoms with Crippen LogP contribution in [0.5, 0.6) is 0 Å². The minimum atomic E-state index is 0.353. The van der Waals surface area contributed by atoms with Gasteiger partial charge in [-0.25, -0.2) is 9.55 Å². The zero-order chi connectivity index (χ0) is 33.4. The largest absolute Gasteiger partial charge is 0.456 e. The summed E-state index contributed by atoms with van der Waals surface area (Å²) in [5.74, 6) is 2.31. The van der Waals surface area contributed by atoms with E-state index in [9.17, 15) is 0 Å². The van der Waals surface area contributed by atoms with Crippen molar-refractivity contribution in [2.75, 3.05) is 0 Å². The van der Waals surface area contributed by atoms with Crippen molar-refractivity contribution in [1.29, 1.82) is 0 Å². The summed E-state index contributed by atoms with van der Waals surface area (Å²) in [7, 11) is 2.20. The normalized spacial score (nSPS) is 12.3. The van der Waals surface area contributed by atoms with E-state index in [0.29, 0.717) is 17.8 Å². The second kappa shape index (κ2) is 11.2. The number of para-hydroxylation sites is 3. The molecule has 0 N–H and O–H groups in total. The molecule has 0 amide bonds. The van der Waals surface area contributed by atoms with E-state index >= 15 is 0 Å². The molecule has 0 atom stereocenters. The molecule has 5 heteroatoms. The maximum Gasteiger partial charge on any atom is 0.295 e. The SMILES string of the molecule is Cc1c(-c2n(-c3c(C(C)C)cc(C(C)C)cc3C(C)C)c3ccccc3[n+]2C)ccc2c1oc1ccc3ncn(-c4ccccc4)c3c12. The van der Waals surface area contributed by atoms with Gasteiger partial charge in [-0.1, -0.05) is 84.0 Å². The number of hydrogen-bond donors (Lipinski definition) is 0. The van der Waals surface area contributed by atoms with Crippen LogP contribution < -0.4 is 4.57 Å². The Morgan fingerprint density at radius 1 is 0.750 bits per heavy atom. The van der Waals surface area contributed by atoms with Crippen LogP contribution in [0, 0.1) is 6.92 Å². The van der Waals surface area contributed by atoms with Crippen LogP contribution in [0.2, 0.25) is 0 Å². The van der Waals surface area contributed by atoms with Crippen LogP contribution >= 0.6 is 0 Å². The Morgan fingerprint density at radius 3 is 2.12 bits per heavy atom. The predicted molar refractivity (Wildman–Crippen MR) is 199 cm³/mol. The molecule has 0 aliphatic rings. The van der Waals surface area contributed by atoms with Gasteiger partial charge >= 0.3 is 0 Å². The Labute approximate surface area is 282 Å². The van der Waals surface area contributed by atoms with Gasteiger partial charge in [0.25, 0.3) is 5.82 Å². The van der Waals surface area contributed by atoms with Crippen LogP contribution in [-0.2, 0) is 7.05 Å². The molecule has 3 aromatic heterocycles. The molecule has 0 unspecified atom stereocenters. The van der Waals surface area contributed by atoms with E-state index in [2.05, 4.69) is 154 Å². The lowest BCUT2D eigenvalue weighted by molar-refractivity contribution is -0.633. The monoisotopic (exact) mass is 631 g/mol. The van der Waals surface area contributed by atoms with Gasteiger partial charge in [-0.05, 0) is 78.8 Å². The van der Waals surface area contributed by atoms with Crippen LogP contribution in [0.1, 0.15) is 81.5 Å². The van der Waals surface area contributed by atoms with Crippen LogP contribution in [-0.4, -0.2) is 14.1 Å². The molecule has 240 valence electrons. The molecule has 8 aromatic rings. The fraction of sp³-hybridized carbons (Fsp3) is 0.256. The highest BCUT2D eigenvalue weighted by molar-refractivity contribution is 6.18. The number of rotatable bonds is 6. The van der Waals surface area contributed by atoms with Gasteiger partial charge in [0, 0.05) is 27.8 Å². The van der Waals surface area contributed by atoms with Crippen molar-refractivity contribution in [2.45, 2.75) is 66.2 Å². The smallest absolute Gasteiger partial charge is 0.295 e. The number of fused-ring (bicyclic) bond motifs is 6. The van der Waals surface area contributed by atoms with Crippen molar-refractivity contribution in [2.24, 2.45) is 7.05 Å². The second-order valence-electron chi connectivity index (χ2n) is 14.2. The maximum atomic E-state index is 6.78. The van der Waals surface area contributed by atoms with E-state index in [1.807, 2.05) is 12.4 Å². The molecule has 0 aliphatic heterocycles. The second-order valence-corrected chi connectivity index (χ2v) is 14.2. The summed E-state index contributed by atoms with van der Waals surface area (Å²) in [5.41, 5.74) is 15.0. The first-order valence-electron chi connectivity index (χ1n) is 17.2. The van der Waals surface area contributed by atoms with Gasteiger partial charge < -0.3 is 4.42 Å². The average molecular weight is 632 g/mol. The fourth-order valence-electron chi connectivity index (χ4n) is 7.61. The lowest BCUT2D eigenvalue weighted by atomic mass is 9.87. The van der Waals surface area contributed by atoms with Crippen molar-refractivity contribution in [3.05, 3.63) is 120 Å². The third kappa shape index (κ3) is 4.44. The first kappa shape index (κ1) is 30.2. The number of benzene rings is 5. The van der Waals surface area contributed by atoms with E-state index in [-0.39, 0.29) is 0 Å². The summed E-state index contributed by atoms with van der Waals surface area (Å²) in [6, 6.07) is 32.8. The van der Waals surface area contributed by atoms with E-state index in [1.165, 1.54) is 33.4 Å². The zero-order valence-corrected chi connectivity index (χ0v) is 29.2. The molecule has 0 spiro atoms. The molecule has 0 radical (unpaired) electrons. The molecule has 8 rings (SSSR count). The highest BCUT2D eigenvalue weighted by Crippen LogP contribution is 2.42. The number of furan rings is 1. The molecule has 0 fully saturated rings. The van der Waals surface area contributed by atoms with Crippen molar-refractivity contribution < 1.29 is 8.98 Å². The molecule has 5 aromatic carbocycles. The Bertz CT molecular complexity index is 2480. The molecule has 0 bridgehead atoms. The minimum Gasteiger partial charge on any atom is -0.456 e. The number of aromatic nitrogens is 4. The Balaban J connectivity index is 1.46. The molecule has 48 heavy (non-hydrogen) atoms. The first-order chi connectivity index (χ1) is 23.2. The number of nitrogens with zero attached hydrogens (tertiary/aromatic N) is 4. The van der Waals surface area contributed by atoms with Gasteiger partial charge in [0.1, 0.15) is 23.2 Å². The summed E-state index contributed by atoms with van der Waals surface area (Å²) in [6.07, 6.45) is 1.92. The molecule has 0 saturated heterocycles. The lowest BCUT2D eigenvalue weighted by Gasteiger charge is -2.21. The van der Waals surface area contributed by atoms with Crippen LogP contribution in [0.3, 0.4) is 0 Å². The average Bonchev–Trinajstić information content (AvgIpc) is 3.77. The summed E-state index contributed by atoms with van der Waals surface area (Å²) >= 11 is 0. The first-order valence-corrected chi connectivity index (χ1v) is 17.2. The van der Waals surface area contributed by atoms with Gasteiger partial charge in [-0.3, -0.25) is 4.57 Å². The Morgan fingerprint density at radius 2 is 1.44 bits per heavy atom. The number of aryl methyl sites for hydroxylation is 2.